The first-order valence-electron chi connectivity index (χ1n) is 5.76. The zero-order valence-electron chi connectivity index (χ0n) is 8.93. The lowest BCUT2D eigenvalue weighted by atomic mass is 9.38. The van der Waals surface area contributed by atoms with Gasteiger partial charge >= 0.3 is 19.1 Å². The summed E-state index contributed by atoms with van der Waals surface area (Å²) in [7, 11) is 0. The van der Waals surface area contributed by atoms with Crippen LogP contribution in [0.4, 0.5) is 13.2 Å². The predicted molar refractivity (Wildman–Crippen MR) is 53.1 cm³/mol. The van der Waals surface area contributed by atoms with Gasteiger partial charge in [-0.3, -0.25) is 0 Å². The second-order valence-electron chi connectivity index (χ2n) is 4.75. The van der Waals surface area contributed by atoms with Crippen molar-refractivity contribution in [2.45, 2.75) is 56.3 Å². The first-order valence-corrected chi connectivity index (χ1v) is 5.76. The molecule has 0 amide bonds. The normalized spacial score (nSPS) is 30.1. The lowest BCUT2D eigenvalue weighted by Gasteiger charge is -2.38. The maximum absolute atomic E-state index is 12.1. The Labute approximate surface area is 92.6 Å². The van der Waals surface area contributed by atoms with Gasteiger partial charge in [-0.05, 0) is 11.6 Å². The standard InChI is InChI=1S/C10H14BF3O2/c12-10(13,14)9(15)16-11-7-3-1-4-8(11)6-2-5-7/h7-8H,1-6H2. The van der Waals surface area contributed by atoms with Gasteiger partial charge in [0, 0.05) is 0 Å². The molecule has 0 unspecified atom stereocenters. The van der Waals surface area contributed by atoms with E-state index in [2.05, 4.69) is 4.65 Å². The highest BCUT2D eigenvalue weighted by atomic mass is 19.4. The molecule has 0 aromatic carbocycles. The van der Waals surface area contributed by atoms with Crippen LogP contribution in [0.15, 0.2) is 0 Å². The van der Waals surface area contributed by atoms with Gasteiger partial charge in [-0.15, -0.1) is 0 Å². The molecule has 2 aliphatic rings. The topological polar surface area (TPSA) is 26.3 Å². The monoisotopic (exact) mass is 234 g/mol. The SMILES string of the molecule is O=C(OB1C2CCCC1CCC2)C(F)(F)F. The van der Waals surface area contributed by atoms with E-state index in [0.29, 0.717) is 0 Å². The lowest BCUT2D eigenvalue weighted by Crippen LogP contribution is -2.42. The fourth-order valence-corrected chi connectivity index (χ4v) is 3.00. The zero-order chi connectivity index (χ0) is 11.8. The predicted octanol–water partition coefficient (Wildman–Crippen LogP) is 3.19. The molecule has 2 saturated heterocycles. The molecule has 90 valence electrons. The van der Waals surface area contributed by atoms with Crippen molar-refractivity contribution in [3.8, 4) is 0 Å². The summed E-state index contributed by atoms with van der Waals surface area (Å²) in [6.45, 7) is -0.489. The van der Waals surface area contributed by atoms with Crippen LogP contribution in [-0.2, 0) is 9.45 Å². The van der Waals surface area contributed by atoms with Crippen molar-refractivity contribution in [2.24, 2.45) is 0 Å². The van der Waals surface area contributed by atoms with E-state index >= 15 is 0 Å². The second-order valence-corrected chi connectivity index (χ2v) is 4.75. The lowest BCUT2D eigenvalue weighted by molar-refractivity contribution is -0.190. The molecule has 0 aliphatic carbocycles. The van der Waals surface area contributed by atoms with Crippen molar-refractivity contribution in [3.05, 3.63) is 0 Å². The molecule has 2 rings (SSSR count). The highest BCUT2D eigenvalue weighted by molar-refractivity contribution is 6.57. The average molecular weight is 234 g/mol. The van der Waals surface area contributed by atoms with E-state index in [1.54, 1.807) is 0 Å². The van der Waals surface area contributed by atoms with Crippen LogP contribution < -0.4 is 0 Å². The van der Waals surface area contributed by atoms with Gasteiger partial charge in [-0.1, -0.05) is 38.5 Å². The third kappa shape index (κ3) is 2.35. The van der Waals surface area contributed by atoms with E-state index in [0.717, 1.165) is 38.5 Å². The second kappa shape index (κ2) is 4.30. The highest BCUT2D eigenvalue weighted by Crippen LogP contribution is 2.47. The van der Waals surface area contributed by atoms with Crippen molar-refractivity contribution in [1.82, 2.24) is 0 Å². The third-order valence-electron chi connectivity index (χ3n) is 3.70. The number of rotatable bonds is 1. The minimum absolute atomic E-state index is 0.152. The summed E-state index contributed by atoms with van der Waals surface area (Å²) in [5.41, 5.74) is 0. The summed E-state index contributed by atoms with van der Waals surface area (Å²) in [5, 5.41) is 0. The first-order chi connectivity index (χ1) is 7.48. The summed E-state index contributed by atoms with van der Waals surface area (Å²) in [6, 6.07) is 0. The summed E-state index contributed by atoms with van der Waals surface area (Å²) in [5.74, 6) is -1.71. The van der Waals surface area contributed by atoms with Gasteiger partial charge in [0.25, 0.3) is 0 Å². The molecule has 2 aliphatic heterocycles. The summed E-state index contributed by atoms with van der Waals surface area (Å²) >= 11 is 0. The maximum atomic E-state index is 12.1. The number of fused-ring (bicyclic) bond motifs is 2. The van der Waals surface area contributed by atoms with Gasteiger partial charge in [0.1, 0.15) is 0 Å². The molecule has 16 heavy (non-hydrogen) atoms. The molecule has 6 heteroatoms. The molecule has 0 N–H and O–H groups in total. The molecular formula is C10H14BF3O2. The van der Waals surface area contributed by atoms with Gasteiger partial charge in [0.15, 0.2) is 0 Å². The van der Waals surface area contributed by atoms with E-state index in [1.807, 2.05) is 0 Å². The third-order valence-corrected chi connectivity index (χ3v) is 3.70. The van der Waals surface area contributed by atoms with E-state index in [-0.39, 0.29) is 11.6 Å². The van der Waals surface area contributed by atoms with Crippen LogP contribution in [0, 0.1) is 0 Å². The summed E-state index contributed by atoms with van der Waals surface area (Å²) in [4.78, 5) is 10.8. The number of hydrogen-bond acceptors (Lipinski definition) is 2. The van der Waals surface area contributed by atoms with Gasteiger partial charge in [0.05, 0.1) is 0 Å². The van der Waals surface area contributed by atoms with Crippen molar-refractivity contribution in [1.29, 1.82) is 0 Å². The number of hydrogen-bond donors (Lipinski definition) is 0. The zero-order valence-corrected chi connectivity index (χ0v) is 8.93. The molecule has 2 bridgehead atoms. The molecule has 0 spiro atoms. The van der Waals surface area contributed by atoms with Crippen molar-refractivity contribution < 1.29 is 22.6 Å². The van der Waals surface area contributed by atoms with Crippen molar-refractivity contribution in [3.63, 3.8) is 0 Å². The Bertz CT molecular complexity index is 258. The Morgan fingerprint density at radius 2 is 1.50 bits per heavy atom. The van der Waals surface area contributed by atoms with E-state index < -0.39 is 19.1 Å². The number of carbonyl (C=O) groups is 1. The van der Waals surface area contributed by atoms with Gasteiger partial charge in [-0.2, -0.15) is 13.2 Å². The minimum Gasteiger partial charge on any atom is -0.529 e. The van der Waals surface area contributed by atoms with Gasteiger partial charge < -0.3 is 4.65 Å². The molecule has 0 aromatic heterocycles. The number of halogens is 3. The minimum atomic E-state index is -4.86. The van der Waals surface area contributed by atoms with Crippen LogP contribution in [0.5, 0.6) is 0 Å². The smallest absolute Gasteiger partial charge is 0.489 e. The quantitative estimate of drug-likeness (QED) is 0.651. The highest BCUT2D eigenvalue weighted by Gasteiger charge is 2.49. The molecule has 2 nitrogen and oxygen atoms in total. The van der Waals surface area contributed by atoms with Crippen LogP contribution in [-0.4, -0.2) is 19.1 Å². The van der Waals surface area contributed by atoms with Crippen LogP contribution in [0.25, 0.3) is 0 Å². The summed E-state index contributed by atoms with van der Waals surface area (Å²) < 4.78 is 41.0. The van der Waals surface area contributed by atoms with Crippen LogP contribution in [0.1, 0.15) is 38.5 Å². The molecule has 2 fully saturated rings. The van der Waals surface area contributed by atoms with E-state index in [4.69, 9.17) is 0 Å². The Hall–Kier alpha value is -0.675. The fourth-order valence-electron chi connectivity index (χ4n) is 3.00. The Morgan fingerprint density at radius 3 is 1.88 bits per heavy atom. The van der Waals surface area contributed by atoms with Crippen molar-refractivity contribution in [2.75, 3.05) is 0 Å². The Kier molecular flexibility index (Phi) is 3.17. The molecule has 0 aromatic rings. The molecular weight excluding hydrogens is 220 g/mol. The van der Waals surface area contributed by atoms with E-state index in [1.165, 1.54) is 0 Å². The molecule has 2 heterocycles. The largest absolute Gasteiger partial charge is 0.529 e. The van der Waals surface area contributed by atoms with Crippen molar-refractivity contribution >= 4 is 12.9 Å². The van der Waals surface area contributed by atoms with Crippen LogP contribution >= 0.6 is 0 Å². The molecule has 0 atom stereocenters. The first kappa shape index (κ1) is 11.8. The maximum Gasteiger partial charge on any atom is 0.489 e. The molecule has 0 saturated carbocycles. The number of carbonyl (C=O) groups excluding carboxylic acids is 1. The Morgan fingerprint density at radius 1 is 1.06 bits per heavy atom. The van der Waals surface area contributed by atoms with Gasteiger partial charge in [0.2, 0.25) is 0 Å². The van der Waals surface area contributed by atoms with Gasteiger partial charge in [-0.25, -0.2) is 4.79 Å². The Balaban J connectivity index is 2.00. The summed E-state index contributed by atoms with van der Waals surface area (Å²) in [6.07, 6.45) is 0.827. The molecule has 0 radical (unpaired) electrons. The number of alkyl halides is 3. The van der Waals surface area contributed by atoms with E-state index in [9.17, 15) is 18.0 Å². The van der Waals surface area contributed by atoms with Crippen LogP contribution in [0.3, 0.4) is 0 Å². The fraction of sp³-hybridized carbons (Fsp3) is 0.900. The average Bonchev–Trinajstić information content (AvgIpc) is 2.15. The van der Waals surface area contributed by atoms with Crippen LogP contribution in [0.2, 0.25) is 11.6 Å².